The summed E-state index contributed by atoms with van der Waals surface area (Å²) in [6.45, 7) is 2.07. The number of alkyl halides is 3. The molecule has 0 atom stereocenters. The summed E-state index contributed by atoms with van der Waals surface area (Å²) < 4.78 is 66.4. The second-order valence-corrected chi connectivity index (χ2v) is 8.68. The van der Waals surface area contributed by atoms with E-state index in [0.717, 1.165) is 24.1 Å². The number of carbonyl (C=O) groups is 1. The molecule has 1 aliphatic rings. The van der Waals surface area contributed by atoms with Crippen molar-refractivity contribution in [3.8, 4) is 0 Å². The number of nitrogens with zero attached hydrogens (tertiary/aromatic N) is 2. The van der Waals surface area contributed by atoms with Gasteiger partial charge in [-0.25, -0.2) is 8.42 Å². The molecule has 0 saturated carbocycles. The van der Waals surface area contributed by atoms with Gasteiger partial charge in [0.25, 0.3) is 5.91 Å². The molecule has 0 spiro atoms. The van der Waals surface area contributed by atoms with E-state index in [-0.39, 0.29) is 31.1 Å². The van der Waals surface area contributed by atoms with Gasteiger partial charge in [-0.3, -0.25) is 4.79 Å². The highest BCUT2D eigenvalue weighted by Crippen LogP contribution is 2.32. The molecule has 0 unspecified atom stereocenters. The van der Waals surface area contributed by atoms with Crippen molar-refractivity contribution in [2.24, 2.45) is 0 Å². The van der Waals surface area contributed by atoms with Gasteiger partial charge >= 0.3 is 6.18 Å². The molecule has 0 aliphatic carbocycles. The highest BCUT2D eigenvalue weighted by molar-refractivity contribution is 7.89. The summed E-state index contributed by atoms with van der Waals surface area (Å²) in [5.74, 6) is -0.748. The molecule has 9 heteroatoms. The molecular weight excluding hydrogens is 405 g/mol. The molecule has 2 aromatic rings. The number of sulfonamides is 1. The minimum atomic E-state index is -4.64. The summed E-state index contributed by atoms with van der Waals surface area (Å²) in [7, 11) is -3.72. The van der Waals surface area contributed by atoms with Crippen LogP contribution in [0, 0.1) is 0 Å². The van der Waals surface area contributed by atoms with Gasteiger partial charge < -0.3 is 4.90 Å². The fraction of sp³-hybridized carbons (Fsp3) is 0.350. The van der Waals surface area contributed by atoms with Crippen molar-refractivity contribution in [2.75, 3.05) is 26.2 Å². The predicted octanol–water partition coefficient (Wildman–Crippen LogP) is 3.41. The number of halogens is 3. The molecule has 0 radical (unpaired) electrons. The second kappa shape index (κ2) is 8.16. The number of carbonyl (C=O) groups excluding carboxylic acids is 1. The standard InChI is InChI=1S/C20H21F3N2O3S/c1-2-15-7-9-16(10-8-15)29(27,28)25-13-11-24(12-14-25)19(26)17-5-3-4-6-18(17)20(21,22)23/h3-10H,2,11-14H2,1H3. The van der Waals surface area contributed by atoms with Crippen molar-refractivity contribution in [3.63, 3.8) is 0 Å². The number of amides is 1. The number of hydrogen-bond acceptors (Lipinski definition) is 3. The maximum absolute atomic E-state index is 13.2. The molecule has 5 nitrogen and oxygen atoms in total. The lowest BCUT2D eigenvalue weighted by Gasteiger charge is -2.34. The maximum Gasteiger partial charge on any atom is 0.417 e. The smallest absolute Gasteiger partial charge is 0.336 e. The van der Waals surface area contributed by atoms with Crippen molar-refractivity contribution in [3.05, 3.63) is 65.2 Å². The molecule has 3 rings (SSSR count). The minimum absolute atomic E-state index is 0.0251. The molecule has 1 heterocycles. The SMILES string of the molecule is CCc1ccc(S(=O)(=O)N2CCN(C(=O)c3ccccc3C(F)(F)F)CC2)cc1. The molecule has 1 amide bonds. The molecular formula is C20H21F3N2O3S. The van der Waals surface area contributed by atoms with Gasteiger partial charge in [-0.2, -0.15) is 17.5 Å². The molecule has 0 bridgehead atoms. The largest absolute Gasteiger partial charge is 0.417 e. The Hall–Kier alpha value is -2.39. The Labute approximate surface area is 167 Å². The molecule has 0 N–H and O–H groups in total. The van der Waals surface area contributed by atoms with Crippen LogP contribution < -0.4 is 0 Å². The maximum atomic E-state index is 13.2. The van der Waals surface area contributed by atoms with Crippen LogP contribution in [-0.2, 0) is 22.6 Å². The predicted molar refractivity (Wildman–Crippen MR) is 102 cm³/mol. The summed E-state index contributed by atoms with van der Waals surface area (Å²) in [6.07, 6.45) is -3.84. The number of aryl methyl sites for hydroxylation is 1. The van der Waals surface area contributed by atoms with Crippen molar-refractivity contribution in [2.45, 2.75) is 24.4 Å². The zero-order valence-corrected chi connectivity index (χ0v) is 16.6. The van der Waals surface area contributed by atoms with E-state index in [9.17, 15) is 26.4 Å². The summed E-state index contributed by atoms with van der Waals surface area (Å²) in [5.41, 5.74) is -0.398. The average Bonchev–Trinajstić information content (AvgIpc) is 2.72. The summed E-state index contributed by atoms with van der Waals surface area (Å²) >= 11 is 0. The van der Waals surface area contributed by atoms with Gasteiger partial charge in [0, 0.05) is 26.2 Å². The van der Waals surface area contributed by atoms with E-state index < -0.39 is 33.2 Å². The van der Waals surface area contributed by atoms with Crippen LogP contribution in [0.2, 0.25) is 0 Å². The molecule has 1 saturated heterocycles. The third kappa shape index (κ3) is 4.45. The van der Waals surface area contributed by atoms with Gasteiger partial charge in [-0.1, -0.05) is 31.2 Å². The first-order chi connectivity index (χ1) is 13.6. The van der Waals surface area contributed by atoms with Gasteiger partial charge in [-0.05, 0) is 36.2 Å². The van der Waals surface area contributed by atoms with Crippen molar-refractivity contribution in [1.82, 2.24) is 9.21 Å². The Bertz CT molecular complexity index is 981. The Kier molecular flexibility index (Phi) is 6.00. The molecule has 0 aromatic heterocycles. The lowest BCUT2D eigenvalue weighted by molar-refractivity contribution is -0.138. The van der Waals surface area contributed by atoms with Crippen molar-refractivity contribution in [1.29, 1.82) is 0 Å². The van der Waals surface area contributed by atoms with Crippen LogP contribution in [0.4, 0.5) is 13.2 Å². The normalized spacial score (nSPS) is 16.1. The highest BCUT2D eigenvalue weighted by Gasteiger charge is 2.37. The Morgan fingerprint density at radius 3 is 2.10 bits per heavy atom. The molecule has 1 fully saturated rings. The number of hydrogen-bond donors (Lipinski definition) is 0. The van der Waals surface area contributed by atoms with Crippen molar-refractivity contribution < 1.29 is 26.4 Å². The van der Waals surface area contributed by atoms with Crippen molar-refractivity contribution >= 4 is 15.9 Å². The van der Waals surface area contributed by atoms with Crippen LogP contribution in [0.3, 0.4) is 0 Å². The van der Waals surface area contributed by atoms with Crippen LogP contribution >= 0.6 is 0 Å². The van der Waals surface area contributed by atoms with Gasteiger partial charge in [0.15, 0.2) is 0 Å². The van der Waals surface area contributed by atoms with E-state index in [0.29, 0.717) is 0 Å². The van der Waals surface area contributed by atoms with E-state index in [1.54, 1.807) is 24.3 Å². The molecule has 2 aromatic carbocycles. The quantitative estimate of drug-likeness (QED) is 0.753. The Morgan fingerprint density at radius 1 is 0.966 bits per heavy atom. The second-order valence-electron chi connectivity index (χ2n) is 6.74. The minimum Gasteiger partial charge on any atom is -0.336 e. The van der Waals surface area contributed by atoms with E-state index in [4.69, 9.17) is 0 Å². The van der Waals surface area contributed by atoms with Crippen LogP contribution in [0.15, 0.2) is 53.4 Å². The first-order valence-corrected chi connectivity index (χ1v) is 10.6. The fourth-order valence-corrected chi connectivity index (χ4v) is 4.69. The third-order valence-corrected chi connectivity index (χ3v) is 6.87. The molecule has 29 heavy (non-hydrogen) atoms. The number of rotatable bonds is 4. The molecule has 1 aliphatic heterocycles. The highest BCUT2D eigenvalue weighted by atomic mass is 32.2. The first-order valence-electron chi connectivity index (χ1n) is 9.19. The fourth-order valence-electron chi connectivity index (χ4n) is 3.26. The van der Waals surface area contributed by atoms with Gasteiger partial charge in [-0.15, -0.1) is 0 Å². The topological polar surface area (TPSA) is 57.7 Å². The average molecular weight is 426 g/mol. The zero-order valence-electron chi connectivity index (χ0n) is 15.8. The van der Waals surface area contributed by atoms with E-state index in [1.165, 1.54) is 21.3 Å². The van der Waals surface area contributed by atoms with E-state index in [2.05, 4.69) is 0 Å². The Morgan fingerprint density at radius 2 is 1.55 bits per heavy atom. The third-order valence-electron chi connectivity index (χ3n) is 4.96. The van der Waals surface area contributed by atoms with Crippen LogP contribution in [0.1, 0.15) is 28.4 Å². The Balaban J connectivity index is 1.73. The van der Waals surface area contributed by atoms with E-state index >= 15 is 0 Å². The van der Waals surface area contributed by atoms with Gasteiger partial charge in [0.2, 0.25) is 10.0 Å². The summed E-state index contributed by atoms with van der Waals surface area (Å²) in [6, 6.07) is 11.2. The lowest BCUT2D eigenvalue weighted by atomic mass is 10.1. The van der Waals surface area contributed by atoms with E-state index in [1.807, 2.05) is 6.92 Å². The monoisotopic (exact) mass is 426 g/mol. The van der Waals surface area contributed by atoms with Gasteiger partial charge in [0.1, 0.15) is 0 Å². The summed E-state index contributed by atoms with van der Waals surface area (Å²) in [4.78, 5) is 14.0. The van der Waals surface area contributed by atoms with Crippen LogP contribution in [-0.4, -0.2) is 49.7 Å². The van der Waals surface area contributed by atoms with Crippen LogP contribution in [0.25, 0.3) is 0 Å². The number of piperazine rings is 1. The summed E-state index contributed by atoms with van der Waals surface area (Å²) in [5, 5.41) is 0. The zero-order chi connectivity index (χ0) is 21.2. The number of benzene rings is 2. The van der Waals surface area contributed by atoms with Crippen LogP contribution in [0.5, 0.6) is 0 Å². The molecule has 156 valence electrons. The van der Waals surface area contributed by atoms with Gasteiger partial charge in [0.05, 0.1) is 16.0 Å². The first kappa shape index (κ1) is 21.3. The lowest BCUT2D eigenvalue weighted by Crippen LogP contribution is -2.50.